The largest absolute Gasteiger partial charge is 0.483 e. The molecule has 2 aliphatic heterocycles. The monoisotopic (exact) mass is 828 g/mol. The van der Waals surface area contributed by atoms with Gasteiger partial charge < -0.3 is 15.4 Å². The molecule has 4 aromatic rings. The molecule has 0 aliphatic carbocycles. The van der Waals surface area contributed by atoms with Gasteiger partial charge in [-0.15, -0.1) is 21.5 Å². The topological polar surface area (TPSA) is 194 Å². The molecule has 1 fully saturated rings. The van der Waals surface area contributed by atoms with Crippen LogP contribution in [0.1, 0.15) is 105 Å². The maximum absolute atomic E-state index is 13.5. The van der Waals surface area contributed by atoms with Crippen LogP contribution in [0.4, 0.5) is 0 Å². The van der Waals surface area contributed by atoms with E-state index in [1.165, 1.54) is 17.4 Å². The average Bonchev–Trinajstić information content (AvgIpc) is 3.68. The van der Waals surface area contributed by atoms with Crippen molar-refractivity contribution < 1.29 is 33.5 Å². The maximum Gasteiger partial charge on any atom is 0.261 e. The number of aryl methyl sites for hydroxylation is 1. The Bertz CT molecular complexity index is 2250. The molecule has 304 valence electrons. The summed E-state index contributed by atoms with van der Waals surface area (Å²) in [7, 11) is 0. The number of hydrogen-bond donors (Lipinski definition) is 3. The van der Waals surface area contributed by atoms with E-state index in [1.54, 1.807) is 19.1 Å². The number of aromatic nitrogens is 3. The predicted molar refractivity (Wildman–Crippen MR) is 218 cm³/mol. The van der Waals surface area contributed by atoms with Crippen LogP contribution in [0.2, 0.25) is 5.02 Å². The average molecular weight is 829 g/mol. The van der Waals surface area contributed by atoms with Crippen LogP contribution in [0.15, 0.2) is 47.5 Å². The number of unbranched alkanes of at least 4 members (excludes halogenated alkanes) is 5. The highest BCUT2D eigenvalue weighted by molar-refractivity contribution is 7.17. The number of thiophene rings is 1. The molecule has 0 bridgehead atoms. The number of carbonyl (C=O) groups is 6. The minimum Gasteiger partial charge on any atom is -0.483 e. The third kappa shape index (κ3) is 9.51. The summed E-state index contributed by atoms with van der Waals surface area (Å²) in [6, 6.07) is 11.1. The number of fused-ring (bicyclic) bond motifs is 3. The molecule has 17 heteroatoms. The number of rotatable bonds is 17. The van der Waals surface area contributed by atoms with Gasteiger partial charge in [-0.05, 0) is 69.9 Å². The van der Waals surface area contributed by atoms with E-state index in [0.717, 1.165) is 82.5 Å². The van der Waals surface area contributed by atoms with Crippen LogP contribution in [-0.2, 0) is 25.7 Å². The highest BCUT2D eigenvalue weighted by Crippen LogP contribution is 2.37. The fourth-order valence-corrected chi connectivity index (χ4v) is 8.43. The molecule has 58 heavy (non-hydrogen) atoms. The molecule has 0 saturated carbocycles. The quantitative estimate of drug-likeness (QED) is 0.0752. The standard InChI is InChI=1S/C41H45ClN8O7S/c1-24-29(40(56)49(23-51)30-17-18-33(52)46-38(30)54)11-10-12-31(24)57-22-34(53)43-19-8-6-4-5-7-9-20-44-39(55)37-25(2)35-36(27-13-15-28(42)16-14-27)45-21-32-48-47-26(3)50(32)41(35)58-37/h10-16,23,30H,4-9,17-22H2,1-3H3,(H,43,53)(H,44,55)(H,46,52,54). The van der Waals surface area contributed by atoms with Crippen molar-refractivity contribution in [2.45, 2.75) is 84.7 Å². The first-order chi connectivity index (χ1) is 28.0. The molecular formula is C41H45ClN8O7S. The summed E-state index contributed by atoms with van der Waals surface area (Å²) in [6.07, 6.45) is 5.85. The Morgan fingerprint density at radius 2 is 1.67 bits per heavy atom. The zero-order valence-electron chi connectivity index (χ0n) is 32.6. The summed E-state index contributed by atoms with van der Waals surface area (Å²) in [5.41, 5.74) is 4.02. The van der Waals surface area contributed by atoms with E-state index in [9.17, 15) is 28.8 Å². The van der Waals surface area contributed by atoms with Crippen LogP contribution in [-0.4, -0.2) is 87.1 Å². The summed E-state index contributed by atoms with van der Waals surface area (Å²) in [4.78, 5) is 81.0. The van der Waals surface area contributed by atoms with E-state index in [1.807, 2.05) is 42.7 Å². The van der Waals surface area contributed by atoms with Crippen LogP contribution in [0.5, 0.6) is 5.75 Å². The molecule has 1 unspecified atom stereocenters. The maximum atomic E-state index is 13.5. The summed E-state index contributed by atoms with van der Waals surface area (Å²) >= 11 is 7.59. The number of ether oxygens (including phenoxy) is 1. The number of imide groups is 2. The SMILES string of the molecule is Cc1c(OCC(=O)NCCCCCCCCNC(=O)c2sc3c(c2C)C(c2ccc(Cl)cc2)=NCc2nnc(C)n2-3)cccc1C(=O)N(C=O)C1CCC(=O)NC1=O. The van der Waals surface area contributed by atoms with E-state index in [4.69, 9.17) is 21.3 Å². The molecule has 6 rings (SSSR count). The van der Waals surface area contributed by atoms with Gasteiger partial charge in [-0.1, -0.05) is 55.5 Å². The smallest absolute Gasteiger partial charge is 0.261 e. The van der Waals surface area contributed by atoms with E-state index < -0.39 is 23.8 Å². The molecule has 6 amide bonds. The first-order valence-electron chi connectivity index (χ1n) is 19.2. The third-order valence-electron chi connectivity index (χ3n) is 10.1. The van der Waals surface area contributed by atoms with Gasteiger partial charge in [0, 0.05) is 46.8 Å². The summed E-state index contributed by atoms with van der Waals surface area (Å²) in [6.45, 7) is 6.63. The number of aliphatic imine (C=N–C) groups is 1. The van der Waals surface area contributed by atoms with Crippen molar-refractivity contribution in [2.24, 2.45) is 4.99 Å². The van der Waals surface area contributed by atoms with Gasteiger partial charge in [0.15, 0.2) is 12.4 Å². The van der Waals surface area contributed by atoms with Crippen molar-refractivity contribution in [3.8, 4) is 10.8 Å². The van der Waals surface area contributed by atoms with Crippen LogP contribution < -0.4 is 20.7 Å². The van der Waals surface area contributed by atoms with Gasteiger partial charge in [0.1, 0.15) is 29.2 Å². The lowest BCUT2D eigenvalue weighted by atomic mass is 9.99. The predicted octanol–water partition coefficient (Wildman–Crippen LogP) is 4.93. The molecule has 1 atom stereocenters. The molecule has 1 saturated heterocycles. The number of piperidine rings is 1. The van der Waals surface area contributed by atoms with Crippen molar-refractivity contribution in [1.82, 2.24) is 35.6 Å². The second kappa shape index (κ2) is 19.1. The molecule has 2 aromatic carbocycles. The Labute approximate surface area is 344 Å². The first kappa shape index (κ1) is 41.9. The van der Waals surface area contributed by atoms with E-state index >= 15 is 0 Å². The molecule has 15 nitrogen and oxygen atoms in total. The van der Waals surface area contributed by atoms with Gasteiger partial charge in [-0.2, -0.15) is 0 Å². The second-order valence-corrected chi connectivity index (χ2v) is 15.6. The highest BCUT2D eigenvalue weighted by Gasteiger charge is 2.35. The molecule has 3 N–H and O–H groups in total. The van der Waals surface area contributed by atoms with Crippen molar-refractivity contribution in [3.63, 3.8) is 0 Å². The number of amides is 6. The Morgan fingerprint density at radius 1 is 0.966 bits per heavy atom. The number of nitrogens with one attached hydrogen (secondary N) is 3. The normalized spacial score (nSPS) is 14.7. The van der Waals surface area contributed by atoms with Crippen LogP contribution in [0, 0.1) is 20.8 Å². The zero-order chi connectivity index (χ0) is 41.3. The number of carbonyl (C=O) groups excluding carboxylic acids is 6. The van der Waals surface area contributed by atoms with Gasteiger partial charge in [-0.3, -0.25) is 48.5 Å². The summed E-state index contributed by atoms with van der Waals surface area (Å²) < 4.78 is 7.68. The lowest BCUT2D eigenvalue weighted by Crippen LogP contribution is -2.53. The van der Waals surface area contributed by atoms with Crippen LogP contribution in [0.25, 0.3) is 5.00 Å². The van der Waals surface area contributed by atoms with Gasteiger partial charge in [0.25, 0.3) is 17.7 Å². The van der Waals surface area contributed by atoms with Crippen molar-refractivity contribution in [3.05, 3.63) is 91.8 Å². The van der Waals surface area contributed by atoms with E-state index in [2.05, 4.69) is 26.1 Å². The van der Waals surface area contributed by atoms with Gasteiger partial charge in [-0.25, -0.2) is 0 Å². The zero-order valence-corrected chi connectivity index (χ0v) is 34.1. The minimum absolute atomic E-state index is 0.0178. The van der Waals surface area contributed by atoms with Crippen LogP contribution >= 0.6 is 22.9 Å². The fourth-order valence-electron chi connectivity index (χ4n) is 7.01. The molecule has 2 aromatic heterocycles. The Hall–Kier alpha value is -5.74. The third-order valence-corrected chi connectivity index (χ3v) is 11.7. The summed E-state index contributed by atoms with van der Waals surface area (Å²) in [5.74, 6) is -0.546. The van der Waals surface area contributed by atoms with Crippen LogP contribution in [0.3, 0.4) is 0 Å². The van der Waals surface area contributed by atoms with Crippen molar-refractivity contribution in [1.29, 1.82) is 0 Å². The Balaban J connectivity index is 0.893. The number of halogens is 1. The van der Waals surface area contributed by atoms with Gasteiger partial charge in [0.05, 0.1) is 10.6 Å². The molecule has 4 heterocycles. The van der Waals surface area contributed by atoms with E-state index in [-0.39, 0.29) is 43.2 Å². The lowest BCUT2D eigenvalue weighted by molar-refractivity contribution is -0.139. The molecule has 2 aliphatic rings. The van der Waals surface area contributed by atoms with Crippen molar-refractivity contribution in [2.75, 3.05) is 19.7 Å². The van der Waals surface area contributed by atoms with Crippen molar-refractivity contribution >= 4 is 64.6 Å². The molecule has 0 radical (unpaired) electrons. The Kier molecular flexibility index (Phi) is 13.8. The van der Waals surface area contributed by atoms with Gasteiger partial charge >= 0.3 is 0 Å². The number of hydrogen-bond acceptors (Lipinski definition) is 11. The fraction of sp³-hybridized carbons (Fsp3) is 0.390. The van der Waals surface area contributed by atoms with Gasteiger partial charge in [0.2, 0.25) is 18.2 Å². The first-order valence-corrected chi connectivity index (χ1v) is 20.4. The number of benzene rings is 2. The van der Waals surface area contributed by atoms with E-state index in [0.29, 0.717) is 40.8 Å². The number of nitrogens with zero attached hydrogens (tertiary/aromatic N) is 5. The lowest BCUT2D eigenvalue weighted by Gasteiger charge is -2.28. The molecule has 0 spiro atoms. The molecular weight excluding hydrogens is 784 g/mol. The minimum atomic E-state index is -1.09. The Morgan fingerprint density at radius 3 is 2.38 bits per heavy atom. The second-order valence-electron chi connectivity index (χ2n) is 14.1. The highest BCUT2D eigenvalue weighted by atomic mass is 35.5. The summed E-state index contributed by atoms with van der Waals surface area (Å²) in [5, 5.41) is 18.2.